The Morgan fingerprint density at radius 3 is 2.64 bits per heavy atom. The van der Waals surface area contributed by atoms with Crippen LogP contribution in [0.1, 0.15) is 23.2 Å². The minimum atomic E-state index is -0.265. The molecule has 0 bridgehead atoms. The van der Waals surface area contributed by atoms with Crippen LogP contribution in [0.15, 0.2) is 29.4 Å². The number of amides is 1. The molecule has 2 rings (SSSR count). The van der Waals surface area contributed by atoms with E-state index in [1.807, 2.05) is 0 Å². The Kier molecular flexibility index (Phi) is 5.47. The van der Waals surface area contributed by atoms with Gasteiger partial charge in [0, 0.05) is 18.7 Å². The molecule has 0 saturated carbocycles. The fourth-order valence-corrected chi connectivity index (χ4v) is 2.01. The molecule has 1 aliphatic rings. The molecule has 1 fully saturated rings. The zero-order valence-electron chi connectivity index (χ0n) is 11.9. The lowest BCUT2D eigenvalue weighted by atomic mass is 10.2. The zero-order valence-corrected chi connectivity index (χ0v) is 11.9. The van der Waals surface area contributed by atoms with Gasteiger partial charge in [0.05, 0.1) is 11.8 Å². The Morgan fingerprint density at radius 2 is 2.05 bits per heavy atom. The van der Waals surface area contributed by atoms with Gasteiger partial charge in [-0.05, 0) is 37.1 Å². The van der Waals surface area contributed by atoms with Crippen molar-refractivity contribution in [3.05, 3.63) is 29.8 Å². The third kappa shape index (κ3) is 4.30. The van der Waals surface area contributed by atoms with Crippen molar-refractivity contribution < 1.29 is 9.53 Å². The van der Waals surface area contributed by atoms with Crippen LogP contribution in [0.3, 0.4) is 0 Å². The molecule has 0 aliphatic carbocycles. The molecule has 1 atom stereocenters. The third-order valence-corrected chi connectivity index (χ3v) is 3.17. The minimum absolute atomic E-state index is 0.106. The van der Waals surface area contributed by atoms with Gasteiger partial charge >= 0.3 is 0 Å². The largest absolute Gasteiger partial charge is 0.376 e. The fraction of sp³-hybridized carbons (Fsp3) is 0.333. The first-order chi connectivity index (χ1) is 10.7. The number of nitrogens with zero attached hydrogens (tertiary/aromatic N) is 3. The molecule has 7 heteroatoms. The van der Waals surface area contributed by atoms with Gasteiger partial charge in [0.25, 0.3) is 5.91 Å². The molecular weight excluding hydrogens is 282 g/mol. The Balaban J connectivity index is 1.88. The van der Waals surface area contributed by atoms with Crippen LogP contribution in [0, 0.1) is 22.7 Å². The van der Waals surface area contributed by atoms with E-state index in [0.717, 1.165) is 19.4 Å². The topological polar surface area (TPSA) is 110 Å². The number of benzene rings is 1. The maximum Gasteiger partial charge on any atom is 0.251 e. The quantitative estimate of drug-likeness (QED) is 0.630. The van der Waals surface area contributed by atoms with Gasteiger partial charge in [0.15, 0.2) is 0 Å². The summed E-state index contributed by atoms with van der Waals surface area (Å²) in [5.41, 5.74) is 3.42. The number of carbonyl (C=O) groups is 1. The first-order valence-electron chi connectivity index (χ1n) is 6.86. The molecule has 1 aromatic carbocycles. The Labute approximate surface area is 128 Å². The second-order valence-electron chi connectivity index (χ2n) is 4.72. The highest BCUT2D eigenvalue weighted by Gasteiger charge is 2.16. The number of nitriles is 2. The number of carbonyl (C=O) groups excluding carboxylic acids is 1. The maximum atomic E-state index is 12.0. The van der Waals surface area contributed by atoms with Crippen molar-refractivity contribution in [3.63, 3.8) is 0 Å². The van der Waals surface area contributed by atoms with Crippen LogP contribution in [0.4, 0.5) is 5.69 Å². The Morgan fingerprint density at radius 1 is 1.32 bits per heavy atom. The van der Waals surface area contributed by atoms with Crippen LogP contribution < -0.4 is 10.7 Å². The standard InChI is InChI=1S/C15H15N5O2/c16-8-13(9-17)20-19-12-5-3-11(4-6-12)15(21)18-10-14-2-1-7-22-14/h3-6,14,19H,1-2,7,10H2,(H,18,21). The normalized spacial score (nSPS) is 16.2. The summed E-state index contributed by atoms with van der Waals surface area (Å²) in [6.45, 7) is 1.27. The lowest BCUT2D eigenvalue weighted by Crippen LogP contribution is -2.31. The molecule has 112 valence electrons. The second kappa shape index (κ2) is 7.77. The highest BCUT2D eigenvalue weighted by molar-refractivity contribution is 6.10. The molecule has 0 spiro atoms. The van der Waals surface area contributed by atoms with Crippen LogP contribution in [0.25, 0.3) is 0 Å². The van der Waals surface area contributed by atoms with Crippen molar-refractivity contribution in [2.75, 3.05) is 18.6 Å². The van der Waals surface area contributed by atoms with Crippen LogP contribution >= 0.6 is 0 Å². The molecule has 2 N–H and O–H groups in total. The maximum absolute atomic E-state index is 12.0. The second-order valence-corrected chi connectivity index (χ2v) is 4.72. The lowest BCUT2D eigenvalue weighted by Gasteiger charge is -2.11. The molecule has 7 nitrogen and oxygen atoms in total. The van der Waals surface area contributed by atoms with Gasteiger partial charge in [-0.2, -0.15) is 15.6 Å². The predicted octanol–water partition coefficient (Wildman–Crippen LogP) is 1.41. The summed E-state index contributed by atoms with van der Waals surface area (Å²) in [5.74, 6) is -0.166. The monoisotopic (exact) mass is 297 g/mol. The smallest absolute Gasteiger partial charge is 0.251 e. The first-order valence-corrected chi connectivity index (χ1v) is 6.86. The van der Waals surface area contributed by atoms with E-state index in [1.54, 1.807) is 36.4 Å². The Bertz CT molecular complexity index is 617. The summed E-state index contributed by atoms with van der Waals surface area (Å²) in [4.78, 5) is 12.0. The summed E-state index contributed by atoms with van der Waals surface area (Å²) in [7, 11) is 0. The molecule has 1 aliphatic heterocycles. The van der Waals surface area contributed by atoms with Crippen molar-refractivity contribution in [3.8, 4) is 12.1 Å². The van der Waals surface area contributed by atoms with Crippen molar-refractivity contribution in [2.45, 2.75) is 18.9 Å². The van der Waals surface area contributed by atoms with Gasteiger partial charge in [-0.1, -0.05) is 0 Å². The SMILES string of the molecule is N#CC(C#N)=NNc1ccc(C(=O)NCC2CCCO2)cc1. The van der Waals surface area contributed by atoms with Gasteiger partial charge in [-0.15, -0.1) is 0 Å². The summed E-state index contributed by atoms with van der Waals surface area (Å²) in [6.07, 6.45) is 2.12. The van der Waals surface area contributed by atoms with E-state index >= 15 is 0 Å². The molecular formula is C15H15N5O2. The van der Waals surface area contributed by atoms with Gasteiger partial charge < -0.3 is 10.1 Å². The highest BCUT2D eigenvalue weighted by atomic mass is 16.5. The number of nitrogens with one attached hydrogen (secondary N) is 2. The molecule has 0 aromatic heterocycles. The fourth-order valence-electron chi connectivity index (χ4n) is 2.01. The molecule has 1 unspecified atom stereocenters. The summed E-state index contributed by atoms with van der Waals surface area (Å²) in [5, 5.41) is 23.6. The molecule has 1 aromatic rings. The highest BCUT2D eigenvalue weighted by Crippen LogP contribution is 2.12. The average molecular weight is 297 g/mol. The van der Waals surface area contributed by atoms with Crippen molar-refractivity contribution in [1.82, 2.24) is 5.32 Å². The van der Waals surface area contributed by atoms with Crippen LogP contribution in [-0.2, 0) is 4.74 Å². The summed E-state index contributed by atoms with van der Waals surface area (Å²) < 4.78 is 5.44. The van der Waals surface area contributed by atoms with Crippen molar-refractivity contribution >= 4 is 17.3 Å². The number of rotatable bonds is 5. The van der Waals surface area contributed by atoms with E-state index < -0.39 is 0 Å². The van der Waals surface area contributed by atoms with Crippen molar-refractivity contribution in [1.29, 1.82) is 10.5 Å². The molecule has 22 heavy (non-hydrogen) atoms. The number of anilines is 1. The summed E-state index contributed by atoms with van der Waals surface area (Å²) in [6, 6.07) is 9.87. The van der Waals surface area contributed by atoms with Crippen LogP contribution in [0.5, 0.6) is 0 Å². The minimum Gasteiger partial charge on any atom is -0.376 e. The molecule has 0 radical (unpaired) electrons. The van der Waals surface area contributed by atoms with E-state index in [1.165, 1.54) is 0 Å². The van der Waals surface area contributed by atoms with E-state index in [2.05, 4.69) is 15.8 Å². The predicted molar refractivity (Wildman–Crippen MR) is 80.0 cm³/mol. The average Bonchev–Trinajstić information content (AvgIpc) is 3.07. The van der Waals surface area contributed by atoms with Crippen molar-refractivity contribution in [2.24, 2.45) is 5.10 Å². The van der Waals surface area contributed by atoms with Crippen LogP contribution in [-0.4, -0.2) is 30.9 Å². The van der Waals surface area contributed by atoms with E-state index in [0.29, 0.717) is 17.8 Å². The van der Waals surface area contributed by atoms with Gasteiger partial charge in [-0.25, -0.2) is 0 Å². The van der Waals surface area contributed by atoms with Crippen LogP contribution in [0.2, 0.25) is 0 Å². The molecule has 1 saturated heterocycles. The summed E-state index contributed by atoms with van der Waals surface area (Å²) >= 11 is 0. The Hall–Kier alpha value is -2.90. The number of hydrogen-bond acceptors (Lipinski definition) is 6. The number of ether oxygens (including phenoxy) is 1. The van der Waals surface area contributed by atoms with E-state index in [9.17, 15) is 4.79 Å². The third-order valence-electron chi connectivity index (χ3n) is 3.17. The van der Waals surface area contributed by atoms with E-state index in [4.69, 9.17) is 15.3 Å². The lowest BCUT2D eigenvalue weighted by molar-refractivity contribution is 0.0858. The number of hydrazone groups is 1. The molecule has 1 amide bonds. The van der Waals surface area contributed by atoms with E-state index in [-0.39, 0.29) is 17.7 Å². The zero-order chi connectivity index (χ0) is 15.8. The molecule has 1 heterocycles. The first kappa shape index (κ1) is 15.5. The van der Waals surface area contributed by atoms with Gasteiger partial charge in [0.2, 0.25) is 5.71 Å². The van der Waals surface area contributed by atoms with Gasteiger partial charge in [-0.3, -0.25) is 10.2 Å². The number of hydrogen-bond donors (Lipinski definition) is 2. The van der Waals surface area contributed by atoms with Gasteiger partial charge in [0.1, 0.15) is 12.1 Å².